The van der Waals surface area contributed by atoms with Gasteiger partial charge in [-0.3, -0.25) is 4.90 Å². The van der Waals surface area contributed by atoms with Crippen LogP contribution in [0.15, 0.2) is 24.3 Å². The number of nitrogens with zero attached hydrogens (tertiary/aromatic N) is 2. The quantitative estimate of drug-likeness (QED) is 0.750. The van der Waals surface area contributed by atoms with Crippen LogP contribution in [-0.2, 0) is 6.54 Å². The first-order valence-electron chi connectivity index (χ1n) is 5.81. The molecule has 0 saturated carbocycles. The lowest BCUT2D eigenvalue weighted by molar-refractivity contribution is 0.179. The number of hydrogen-bond donors (Lipinski definition) is 0. The van der Waals surface area contributed by atoms with Gasteiger partial charge in [-0.15, -0.1) is 12.6 Å². The number of benzene rings is 1. The first-order valence-corrected chi connectivity index (χ1v) is 5.81. The summed E-state index contributed by atoms with van der Waals surface area (Å²) in [7, 11) is 0. The zero-order valence-corrected chi connectivity index (χ0v) is 9.86. The number of hydrogen-bond acceptors (Lipinski definition) is 1. The fourth-order valence-corrected chi connectivity index (χ4v) is 2.09. The minimum Gasteiger partial charge on any atom is -0.657 e. The topological polar surface area (TPSA) is 17.3 Å². The minimum atomic E-state index is -0.107. The summed E-state index contributed by atoms with van der Waals surface area (Å²) in [4.78, 5) is 2.30. The summed E-state index contributed by atoms with van der Waals surface area (Å²) in [6, 6.07) is 7.78. The van der Waals surface area contributed by atoms with Crippen molar-refractivity contribution in [1.82, 2.24) is 4.90 Å². The van der Waals surface area contributed by atoms with Crippen LogP contribution in [0.5, 0.6) is 0 Å². The summed E-state index contributed by atoms with van der Waals surface area (Å²) >= 11 is 0. The average Bonchev–Trinajstić information content (AvgIpc) is 2.27. The maximum atomic E-state index is 13.5. The Labute approximate surface area is 96.5 Å². The highest BCUT2D eigenvalue weighted by molar-refractivity contribution is 5.17. The standard InChI is InChI=1S/C13H18FN2/c1-10-8-16(11(2)7-15-10)9-12-5-3-4-6-13(12)14/h3-6,10-11H,7-9H2,1-2H3/q-1/t10-,11+/m0/s1. The molecule has 1 aliphatic heterocycles. The highest BCUT2D eigenvalue weighted by Crippen LogP contribution is 2.19. The van der Waals surface area contributed by atoms with Gasteiger partial charge < -0.3 is 5.32 Å². The van der Waals surface area contributed by atoms with Gasteiger partial charge in [-0.1, -0.05) is 32.0 Å². The molecule has 0 N–H and O–H groups in total. The van der Waals surface area contributed by atoms with Gasteiger partial charge in [0.1, 0.15) is 5.82 Å². The van der Waals surface area contributed by atoms with E-state index < -0.39 is 0 Å². The molecular weight excluding hydrogens is 203 g/mol. The van der Waals surface area contributed by atoms with Crippen LogP contribution in [0, 0.1) is 5.82 Å². The van der Waals surface area contributed by atoms with Gasteiger partial charge in [0.2, 0.25) is 0 Å². The molecule has 0 aromatic heterocycles. The Morgan fingerprint density at radius 3 is 2.88 bits per heavy atom. The van der Waals surface area contributed by atoms with Gasteiger partial charge >= 0.3 is 0 Å². The molecule has 0 unspecified atom stereocenters. The second-order valence-electron chi connectivity index (χ2n) is 4.58. The van der Waals surface area contributed by atoms with Crippen LogP contribution in [0.25, 0.3) is 5.32 Å². The third-order valence-electron chi connectivity index (χ3n) is 3.13. The molecule has 1 heterocycles. The fourth-order valence-electron chi connectivity index (χ4n) is 2.09. The maximum Gasteiger partial charge on any atom is 0.127 e. The van der Waals surface area contributed by atoms with E-state index in [1.165, 1.54) is 6.07 Å². The summed E-state index contributed by atoms with van der Waals surface area (Å²) in [6.07, 6.45) is 0. The molecule has 2 atom stereocenters. The minimum absolute atomic E-state index is 0.107. The predicted octanol–water partition coefficient (Wildman–Crippen LogP) is 2.79. The van der Waals surface area contributed by atoms with Gasteiger partial charge in [0, 0.05) is 12.1 Å². The van der Waals surface area contributed by atoms with E-state index in [1.54, 1.807) is 6.07 Å². The molecule has 0 amide bonds. The summed E-state index contributed by atoms with van der Waals surface area (Å²) < 4.78 is 13.5. The predicted molar refractivity (Wildman–Crippen MR) is 64.0 cm³/mol. The van der Waals surface area contributed by atoms with Gasteiger partial charge in [0.25, 0.3) is 0 Å². The van der Waals surface area contributed by atoms with Gasteiger partial charge in [-0.2, -0.15) is 0 Å². The summed E-state index contributed by atoms with van der Waals surface area (Å²) in [5.41, 5.74) is 0.781. The molecule has 0 spiro atoms. The van der Waals surface area contributed by atoms with Crippen LogP contribution in [0.1, 0.15) is 19.4 Å². The van der Waals surface area contributed by atoms with E-state index in [0.717, 1.165) is 18.7 Å². The molecule has 0 radical (unpaired) electrons. The van der Waals surface area contributed by atoms with Gasteiger partial charge in [0.05, 0.1) is 0 Å². The Kier molecular flexibility index (Phi) is 3.56. The molecule has 2 nitrogen and oxygen atoms in total. The molecule has 2 rings (SSSR count). The molecular formula is C13H18FN2-. The fraction of sp³-hybridized carbons (Fsp3) is 0.538. The number of halogens is 1. The van der Waals surface area contributed by atoms with Crippen molar-refractivity contribution >= 4 is 0 Å². The normalized spacial score (nSPS) is 26.9. The first kappa shape index (κ1) is 11.6. The average molecular weight is 221 g/mol. The Hall–Kier alpha value is -0.930. The summed E-state index contributed by atoms with van der Waals surface area (Å²) in [5, 5.41) is 4.49. The molecule has 88 valence electrons. The van der Waals surface area contributed by atoms with Crippen molar-refractivity contribution in [2.24, 2.45) is 0 Å². The monoisotopic (exact) mass is 221 g/mol. The van der Waals surface area contributed by atoms with Crippen LogP contribution in [0.4, 0.5) is 4.39 Å². The van der Waals surface area contributed by atoms with E-state index in [0.29, 0.717) is 18.6 Å². The molecule has 1 saturated heterocycles. The third-order valence-corrected chi connectivity index (χ3v) is 3.13. The van der Waals surface area contributed by atoms with Crippen molar-refractivity contribution < 1.29 is 4.39 Å². The van der Waals surface area contributed by atoms with E-state index in [1.807, 2.05) is 12.1 Å². The summed E-state index contributed by atoms with van der Waals surface area (Å²) in [5.74, 6) is -0.107. The lowest BCUT2D eigenvalue weighted by Gasteiger charge is -2.46. The summed E-state index contributed by atoms with van der Waals surface area (Å²) in [6.45, 7) is 6.73. The van der Waals surface area contributed by atoms with Gasteiger partial charge in [-0.25, -0.2) is 4.39 Å². The third kappa shape index (κ3) is 2.60. The number of rotatable bonds is 2. The molecule has 1 aromatic rings. The Balaban J connectivity index is 2.06. The van der Waals surface area contributed by atoms with Crippen LogP contribution < -0.4 is 0 Å². The first-order chi connectivity index (χ1) is 7.66. The Bertz CT molecular complexity index is 354. The van der Waals surface area contributed by atoms with Crippen molar-refractivity contribution in [2.45, 2.75) is 32.5 Å². The number of piperazine rings is 1. The zero-order chi connectivity index (χ0) is 11.5. The van der Waals surface area contributed by atoms with Crippen molar-refractivity contribution in [3.8, 4) is 0 Å². The van der Waals surface area contributed by atoms with E-state index in [4.69, 9.17) is 0 Å². The van der Waals surface area contributed by atoms with Crippen molar-refractivity contribution in [3.63, 3.8) is 0 Å². The highest BCUT2D eigenvalue weighted by Gasteiger charge is 2.17. The van der Waals surface area contributed by atoms with E-state index in [-0.39, 0.29) is 5.82 Å². The largest absolute Gasteiger partial charge is 0.657 e. The molecule has 0 aliphatic carbocycles. The lowest BCUT2D eigenvalue weighted by atomic mass is 10.1. The van der Waals surface area contributed by atoms with Gasteiger partial charge in [0.15, 0.2) is 0 Å². The molecule has 3 heteroatoms. The van der Waals surface area contributed by atoms with Crippen LogP contribution in [-0.4, -0.2) is 30.1 Å². The smallest absolute Gasteiger partial charge is 0.127 e. The Morgan fingerprint density at radius 2 is 2.12 bits per heavy atom. The van der Waals surface area contributed by atoms with Crippen LogP contribution >= 0.6 is 0 Å². The van der Waals surface area contributed by atoms with Crippen LogP contribution in [0.3, 0.4) is 0 Å². The molecule has 16 heavy (non-hydrogen) atoms. The highest BCUT2D eigenvalue weighted by atomic mass is 19.1. The van der Waals surface area contributed by atoms with E-state index >= 15 is 0 Å². The molecule has 1 fully saturated rings. The SMILES string of the molecule is C[C@@H]1C[N-][C@@H](C)CN1Cc1ccccc1F. The second kappa shape index (κ2) is 4.93. The van der Waals surface area contributed by atoms with Crippen molar-refractivity contribution in [2.75, 3.05) is 13.1 Å². The van der Waals surface area contributed by atoms with Crippen molar-refractivity contribution in [1.29, 1.82) is 0 Å². The molecule has 0 bridgehead atoms. The molecule has 1 aromatic carbocycles. The lowest BCUT2D eigenvalue weighted by Crippen LogP contribution is -2.44. The van der Waals surface area contributed by atoms with Gasteiger partial charge in [-0.05, 0) is 18.7 Å². The van der Waals surface area contributed by atoms with Crippen molar-refractivity contribution in [3.05, 3.63) is 41.0 Å². The Morgan fingerprint density at radius 1 is 1.38 bits per heavy atom. The molecule has 1 aliphatic rings. The van der Waals surface area contributed by atoms with E-state index in [9.17, 15) is 4.39 Å². The maximum absolute atomic E-state index is 13.5. The zero-order valence-electron chi connectivity index (χ0n) is 9.86. The van der Waals surface area contributed by atoms with Crippen LogP contribution in [0.2, 0.25) is 0 Å². The second-order valence-corrected chi connectivity index (χ2v) is 4.58. The van der Waals surface area contributed by atoms with E-state index in [2.05, 4.69) is 24.1 Å².